The number of amidine groups is 1. The number of hydrogen-bond donors (Lipinski definition) is 2. The average molecular weight is 272 g/mol. The first-order valence-electron chi connectivity index (χ1n) is 6.26. The fourth-order valence-electron chi connectivity index (χ4n) is 2.06. The van der Waals surface area contributed by atoms with Crippen LogP contribution < -0.4 is 5.73 Å². The van der Waals surface area contributed by atoms with Gasteiger partial charge in [-0.2, -0.15) is 0 Å². The Labute approximate surface area is 117 Å². The minimum absolute atomic E-state index is 0.123. The molecule has 4 nitrogen and oxygen atoms in total. The van der Waals surface area contributed by atoms with Crippen molar-refractivity contribution in [3.63, 3.8) is 0 Å². The van der Waals surface area contributed by atoms with Crippen LogP contribution in [0.5, 0.6) is 0 Å². The highest BCUT2D eigenvalue weighted by atomic mass is 19.1. The van der Waals surface area contributed by atoms with Crippen LogP contribution in [0.1, 0.15) is 16.7 Å². The van der Waals surface area contributed by atoms with Crippen molar-refractivity contribution >= 4 is 5.84 Å². The van der Waals surface area contributed by atoms with Crippen LogP contribution in [-0.4, -0.2) is 22.8 Å². The van der Waals surface area contributed by atoms with Crippen molar-refractivity contribution in [1.29, 1.82) is 5.41 Å². The second kappa shape index (κ2) is 6.25. The van der Waals surface area contributed by atoms with Gasteiger partial charge >= 0.3 is 0 Å². The Morgan fingerprint density at radius 3 is 2.50 bits per heavy atom. The molecule has 0 aliphatic rings. The van der Waals surface area contributed by atoms with Gasteiger partial charge in [0.1, 0.15) is 11.7 Å². The van der Waals surface area contributed by atoms with Gasteiger partial charge in [0, 0.05) is 31.0 Å². The Balaban J connectivity index is 2.07. The molecule has 1 aromatic carbocycles. The zero-order valence-corrected chi connectivity index (χ0v) is 11.3. The molecule has 0 bridgehead atoms. The standard InChI is InChI=1S/C15H17FN4/c1-20(9-11-2-4-19-5-3-11)10-12-6-13(15(17)18)8-14(16)7-12/h2-8H,9-10H2,1H3,(H3,17,18). The summed E-state index contributed by atoms with van der Waals surface area (Å²) in [4.78, 5) is 6.04. The molecule has 3 N–H and O–H groups in total. The number of nitrogens with zero attached hydrogens (tertiary/aromatic N) is 2. The summed E-state index contributed by atoms with van der Waals surface area (Å²) >= 11 is 0. The molecular formula is C15H17FN4. The normalized spacial score (nSPS) is 10.8. The van der Waals surface area contributed by atoms with Gasteiger partial charge in [-0.15, -0.1) is 0 Å². The molecule has 0 unspecified atom stereocenters. The van der Waals surface area contributed by atoms with Crippen LogP contribution in [0.4, 0.5) is 4.39 Å². The molecular weight excluding hydrogens is 255 g/mol. The van der Waals surface area contributed by atoms with E-state index in [2.05, 4.69) is 9.88 Å². The van der Waals surface area contributed by atoms with Crippen LogP contribution in [-0.2, 0) is 13.1 Å². The molecule has 0 amide bonds. The van der Waals surface area contributed by atoms with Gasteiger partial charge in [0.15, 0.2) is 0 Å². The summed E-state index contributed by atoms with van der Waals surface area (Å²) in [7, 11) is 1.96. The van der Waals surface area contributed by atoms with Crippen molar-refractivity contribution in [2.45, 2.75) is 13.1 Å². The molecule has 0 aliphatic carbocycles. The lowest BCUT2D eigenvalue weighted by molar-refractivity contribution is 0.318. The highest BCUT2D eigenvalue weighted by Gasteiger charge is 2.06. The van der Waals surface area contributed by atoms with Crippen LogP contribution in [0, 0.1) is 11.2 Å². The number of rotatable bonds is 5. The van der Waals surface area contributed by atoms with E-state index in [4.69, 9.17) is 11.1 Å². The second-order valence-electron chi connectivity index (χ2n) is 4.79. The Bertz CT molecular complexity index is 598. The fraction of sp³-hybridized carbons (Fsp3) is 0.200. The van der Waals surface area contributed by atoms with Crippen molar-refractivity contribution in [1.82, 2.24) is 9.88 Å². The number of nitrogens with one attached hydrogen (secondary N) is 1. The lowest BCUT2D eigenvalue weighted by Gasteiger charge is -2.17. The van der Waals surface area contributed by atoms with E-state index in [9.17, 15) is 4.39 Å². The van der Waals surface area contributed by atoms with E-state index in [1.54, 1.807) is 18.5 Å². The molecule has 1 heterocycles. The minimum Gasteiger partial charge on any atom is -0.384 e. The van der Waals surface area contributed by atoms with E-state index >= 15 is 0 Å². The summed E-state index contributed by atoms with van der Waals surface area (Å²) < 4.78 is 13.5. The van der Waals surface area contributed by atoms with Crippen molar-refractivity contribution in [2.24, 2.45) is 5.73 Å². The number of aromatic nitrogens is 1. The number of hydrogen-bond acceptors (Lipinski definition) is 3. The van der Waals surface area contributed by atoms with Crippen molar-refractivity contribution in [3.05, 3.63) is 65.2 Å². The van der Waals surface area contributed by atoms with E-state index in [1.807, 2.05) is 19.2 Å². The van der Waals surface area contributed by atoms with Gasteiger partial charge in [0.2, 0.25) is 0 Å². The third kappa shape index (κ3) is 3.86. The largest absolute Gasteiger partial charge is 0.384 e. The topological polar surface area (TPSA) is 66.0 Å². The Morgan fingerprint density at radius 2 is 1.85 bits per heavy atom. The van der Waals surface area contributed by atoms with Gasteiger partial charge in [0.05, 0.1) is 0 Å². The van der Waals surface area contributed by atoms with Crippen LogP contribution in [0.25, 0.3) is 0 Å². The number of halogens is 1. The van der Waals surface area contributed by atoms with E-state index in [0.29, 0.717) is 12.1 Å². The predicted octanol–water partition coefficient (Wildman–Crippen LogP) is 2.14. The molecule has 0 fully saturated rings. The second-order valence-corrected chi connectivity index (χ2v) is 4.79. The summed E-state index contributed by atoms with van der Waals surface area (Å²) in [6.07, 6.45) is 3.50. The average Bonchev–Trinajstić information content (AvgIpc) is 2.38. The Morgan fingerprint density at radius 1 is 1.20 bits per heavy atom. The monoisotopic (exact) mass is 272 g/mol. The fourth-order valence-corrected chi connectivity index (χ4v) is 2.06. The first-order valence-corrected chi connectivity index (χ1v) is 6.26. The maximum Gasteiger partial charge on any atom is 0.124 e. The molecule has 0 radical (unpaired) electrons. The summed E-state index contributed by atoms with van der Waals surface area (Å²) in [5.41, 5.74) is 7.76. The lowest BCUT2D eigenvalue weighted by atomic mass is 10.1. The molecule has 0 saturated carbocycles. The van der Waals surface area contributed by atoms with Gasteiger partial charge in [-0.25, -0.2) is 4.39 Å². The number of nitrogen functional groups attached to an aromatic ring is 1. The van der Waals surface area contributed by atoms with Gasteiger partial charge in [-0.05, 0) is 48.5 Å². The zero-order chi connectivity index (χ0) is 14.5. The predicted molar refractivity (Wildman–Crippen MR) is 76.8 cm³/mol. The molecule has 20 heavy (non-hydrogen) atoms. The zero-order valence-electron chi connectivity index (χ0n) is 11.3. The first-order chi connectivity index (χ1) is 9.54. The van der Waals surface area contributed by atoms with E-state index in [-0.39, 0.29) is 11.7 Å². The quantitative estimate of drug-likeness (QED) is 0.647. The van der Waals surface area contributed by atoms with Crippen LogP contribution >= 0.6 is 0 Å². The third-order valence-corrected chi connectivity index (χ3v) is 2.92. The number of nitrogens with two attached hydrogens (primary N) is 1. The van der Waals surface area contributed by atoms with Gasteiger partial charge in [0.25, 0.3) is 0 Å². The minimum atomic E-state index is -0.370. The number of pyridine rings is 1. The molecule has 104 valence electrons. The van der Waals surface area contributed by atoms with Crippen LogP contribution in [0.15, 0.2) is 42.7 Å². The van der Waals surface area contributed by atoms with E-state index < -0.39 is 0 Å². The van der Waals surface area contributed by atoms with E-state index in [0.717, 1.165) is 17.7 Å². The molecule has 0 aliphatic heterocycles. The molecule has 2 rings (SSSR count). The smallest absolute Gasteiger partial charge is 0.124 e. The van der Waals surface area contributed by atoms with Gasteiger partial charge in [-0.3, -0.25) is 15.3 Å². The molecule has 1 aromatic heterocycles. The van der Waals surface area contributed by atoms with Crippen LogP contribution in [0.2, 0.25) is 0 Å². The first kappa shape index (κ1) is 14.1. The number of benzene rings is 1. The van der Waals surface area contributed by atoms with Crippen molar-refractivity contribution < 1.29 is 4.39 Å². The molecule has 0 spiro atoms. The van der Waals surface area contributed by atoms with Gasteiger partial charge < -0.3 is 5.73 Å². The lowest BCUT2D eigenvalue weighted by Crippen LogP contribution is -2.18. The highest BCUT2D eigenvalue weighted by molar-refractivity contribution is 5.95. The maximum atomic E-state index is 13.5. The molecule has 5 heteroatoms. The van der Waals surface area contributed by atoms with Crippen LogP contribution in [0.3, 0.4) is 0 Å². The molecule has 0 saturated heterocycles. The Hall–Kier alpha value is -2.27. The van der Waals surface area contributed by atoms with E-state index in [1.165, 1.54) is 12.1 Å². The summed E-state index contributed by atoms with van der Waals surface area (Å²) in [5.74, 6) is -0.493. The molecule has 2 aromatic rings. The third-order valence-electron chi connectivity index (χ3n) is 2.92. The Kier molecular flexibility index (Phi) is 4.42. The SMILES string of the molecule is CN(Cc1ccncc1)Cc1cc(F)cc(C(=N)N)c1. The summed E-state index contributed by atoms with van der Waals surface area (Å²) in [6, 6.07) is 8.38. The van der Waals surface area contributed by atoms with Crippen molar-refractivity contribution in [3.8, 4) is 0 Å². The van der Waals surface area contributed by atoms with Crippen molar-refractivity contribution in [2.75, 3.05) is 7.05 Å². The maximum absolute atomic E-state index is 13.5. The summed E-state index contributed by atoms with van der Waals surface area (Å²) in [6.45, 7) is 1.33. The molecule has 0 atom stereocenters. The van der Waals surface area contributed by atoms with Gasteiger partial charge in [-0.1, -0.05) is 0 Å². The highest BCUT2D eigenvalue weighted by Crippen LogP contribution is 2.12. The summed E-state index contributed by atoms with van der Waals surface area (Å²) in [5, 5.41) is 7.38.